The Morgan fingerprint density at radius 3 is 2.20 bits per heavy atom. The third-order valence-corrected chi connectivity index (χ3v) is 2.73. The van der Waals surface area contributed by atoms with E-state index in [0.29, 0.717) is 5.69 Å². The third-order valence-electron chi connectivity index (χ3n) is 2.73. The summed E-state index contributed by atoms with van der Waals surface area (Å²) >= 11 is 0. The Labute approximate surface area is 114 Å². The summed E-state index contributed by atoms with van der Waals surface area (Å²) in [5, 5.41) is 8.67. The number of benzene rings is 1. The van der Waals surface area contributed by atoms with Crippen molar-refractivity contribution in [3.8, 4) is 5.75 Å². The van der Waals surface area contributed by atoms with Gasteiger partial charge in [0.1, 0.15) is 5.75 Å². The van der Waals surface area contributed by atoms with Gasteiger partial charge in [-0.1, -0.05) is 0 Å². The smallest absolute Gasteiger partial charge is 0.494 e. The lowest BCUT2D eigenvalue weighted by Crippen LogP contribution is -2.18. The highest BCUT2D eigenvalue weighted by Crippen LogP contribution is 2.34. The average Bonchev–Trinajstić information content (AvgIpc) is 2.89. The monoisotopic (exact) mass is 291 g/mol. The van der Waals surface area contributed by atoms with Gasteiger partial charge < -0.3 is 26.9 Å². The lowest BCUT2D eigenvalue weighted by Gasteiger charge is -2.19. The molecule has 0 radical (unpaired) electrons. The Morgan fingerprint density at radius 1 is 1.20 bits per heavy atom. The Bertz CT molecular complexity index is 478. The number of hydrogen-bond donors (Lipinski definition) is 0. The second kappa shape index (κ2) is 6.98. The van der Waals surface area contributed by atoms with Gasteiger partial charge in [0.2, 0.25) is 5.39 Å². The molecule has 0 bridgehead atoms. The quantitative estimate of drug-likeness (QED) is 0.468. The van der Waals surface area contributed by atoms with Crippen LogP contribution in [0.5, 0.6) is 5.75 Å². The van der Waals surface area contributed by atoms with Crippen molar-refractivity contribution in [2.24, 2.45) is 0 Å². The lowest BCUT2D eigenvalue weighted by atomic mass is 10.2. The first-order valence-corrected chi connectivity index (χ1v) is 6.00. The molecule has 2 rings (SSSR count). The third kappa shape index (κ3) is 5.34. The van der Waals surface area contributed by atoms with Crippen LogP contribution in [-0.4, -0.2) is 27.5 Å². The van der Waals surface area contributed by atoms with Gasteiger partial charge >= 0.3 is 12.9 Å². The van der Waals surface area contributed by atoms with Gasteiger partial charge in [0.05, 0.1) is 18.9 Å². The lowest BCUT2D eigenvalue weighted by molar-refractivity contribution is 0.368. The van der Waals surface area contributed by atoms with Gasteiger partial charge in [-0.15, -0.1) is 0 Å². The highest BCUT2D eigenvalue weighted by Gasteiger charge is 2.20. The maximum atomic E-state index is 9.75. The number of hydrogen-bond acceptors (Lipinski definition) is 3. The summed E-state index contributed by atoms with van der Waals surface area (Å²) in [4.78, 5) is 5.44. The summed E-state index contributed by atoms with van der Waals surface area (Å²) in [7, 11) is -4.37. The number of methoxy groups -OCH3 is 1. The molecule has 1 aliphatic heterocycles. The van der Waals surface area contributed by atoms with Gasteiger partial charge in [0.15, 0.2) is 4.98 Å². The fourth-order valence-corrected chi connectivity index (χ4v) is 1.95. The maximum absolute atomic E-state index is 9.75. The van der Waals surface area contributed by atoms with Crippen LogP contribution in [0, 0.1) is 5.39 Å². The minimum Gasteiger partial charge on any atom is -0.494 e. The van der Waals surface area contributed by atoms with Crippen molar-refractivity contribution in [3.63, 3.8) is 0 Å². The molecule has 0 atom stereocenters. The van der Waals surface area contributed by atoms with Crippen molar-refractivity contribution in [2.45, 2.75) is 12.8 Å². The largest absolute Gasteiger partial charge is 0.673 e. The van der Waals surface area contributed by atoms with E-state index in [0.717, 1.165) is 24.5 Å². The molecule has 1 aromatic rings. The Kier molecular flexibility index (Phi) is 5.61. The van der Waals surface area contributed by atoms with Crippen molar-refractivity contribution >= 4 is 18.6 Å². The fraction of sp³-hybridized carbons (Fsp3) is 0.455. The van der Waals surface area contributed by atoms with Gasteiger partial charge in [0, 0.05) is 19.2 Å². The number of ether oxygens (including phenoxy) is 1. The van der Waals surface area contributed by atoms with Crippen LogP contribution in [0.4, 0.5) is 28.6 Å². The van der Waals surface area contributed by atoms with E-state index in [9.17, 15) is 17.3 Å². The van der Waals surface area contributed by atoms with Gasteiger partial charge in [-0.25, -0.2) is 0 Å². The minimum atomic E-state index is -6.00. The highest BCUT2D eigenvalue weighted by molar-refractivity contribution is 6.50. The van der Waals surface area contributed by atoms with Crippen molar-refractivity contribution in [2.75, 3.05) is 25.1 Å². The van der Waals surface area contributed by atoms with E-state index < -0.39 is 7.25 Å². The zero-order valence-electron chi connectivity index (χ0n) is 10.9. The molecule has 9 heteroatoms. The zero-order valence-corrected chi connectivity index (χ0v) is 10.9. The van der Waals surface area contributed by atoms with Crippen molar-refractivity contribution in [1.29, 1.82) is 5.39 Å². The predicted molar refractivity (Wildman–Crippen MR) is 69.4 cm³/mol. The summed E-state index contributed by atoms with van der Waals surface area (Å²) in [5.41, 5.74) is 1.61. The number of rotatable bonds is 2. The molecule has 0 spiro atoms. The highest BCUT2D eigenvalue weighted by atomic mass is 19.5. The summed E-state index contributed by atoms with van der Waals surface area (Å²) in [6.45, 7) is 2.15. The fourth-order valence-electron chi connectivity index (χ4n) is 1.95. The average molecular weight is 291 g/mol. The normalized spacial score (nSPS) is 14.3. The van der Waals surface area contributed by atoms with E-state index in [-0.39, 0.29) is 0 Å². The van der Waals surface area contributed by atoms with Crippen LogP contribution in [0.3, 0.4) is 0 Å². The van der Waals surface area contributed by atoms with E-state index >= 15 is 0 Å². The first-order valence-electron chi connectivity index (χ1n) is 6.00. The van der Waals surface area contributed by atoms with E-state index in [1.807, 2.05) is 6.07 Å². The van der Waals surface area contributed by atoms with Crippen LogP contribution in [0.25, 0.3) is 4.98 Å². The number of diazo groups is 1. The van der Waals surface area contributed by atoms with Crippen LogP contribution in [0.1, 0.15) is 12.8 Å². The summed E-state index contributed by atoms with van der Waals surface area (Å²) in [6.07, 6.45) is 2.46. The molecule has 1 aliphatic rings. The molecule has 0 amide bonds. The molecule has 4 nitrogen and oxygen atoms in total. The molecule has 110 valence electrons. The molecule has 0 saturated carbocycles. The molecule has 1 saturated heterocycles. The molecular formula is C11H14BF4N3O. The maximum Gasteiger partial charge on any atom is 0.673 e. The molecule has 0 aromatic heterocycles. The molecule has 0 aliphatic carbocycles. The van der Waals surface area contributed by atoms with E-state index in [1.165, 1.54) is 12.8 Å². The molecule has 1 heterocycles. The molecule has 1 aromatic carbocycles. The Morgan fingerprint density at radius 2 is 1.75 bits per heavy atom. The molecule has 1 fully saturated rings. The number of anilines is 1. The van der Waals surface area contributed by atoms with Crippen LogP contribution in [0.2, 0.25) is 0 Å². The number of nitrogens with zero attached hydrogens (tertiary/aromatic N) is 3. The van der Waals surface area contributed by atoms with E-state index in [1.54, 1.807) is 19.2 Å². The van der Waals surface area contributed by atoms with Crippen molar-refractivity contribution in [3.05, 3.63) is 23.2 Å². The minimum absolute atomic E-state index is 0.523. The second-order valence-corrected chi connectivity index (χ2v) is 4.15. The standard InChI is InChI=1S/C11H14N3O.BF4/c1-15-11-8-9(13-12)4-5-10(11)14-6-2-3-7-14;2-1(3,4)5/h4-5,8H,2-3,6-7H2,1H3;/q+1;-1. The van der Waals surface area contributed by atoms with Gasteiger partial charge in [-0.2, -0.15) is 0 Å². The Hall–Kier alpha value is -1.98. The van der Waals surface area contributed by atoms with Crippen LogP contribution in [-0.2, 0) is 0 Å². The molecule has 0 N–H and O–H groups in total. The molecule has 20 heavy (non-hydrogen) atoms. The zero-order chi connectivity index (χ0) is 15.2. The molecule has 0 unspecified atom stereocenters. The first kappa shape index (κ1) is 16.1. The second-order valence-electron chi connectivity index (χ2n) is 4.15. The van der Waals surface area contributed by atoms with Gasteiger partial charge in [-0.3, -0.25) is 0 Å². The summed E-state index contributed by atoms with van der Waals surface area (Å²) in [5.74, 6) is 0.771. The molecular weight excluding hydrogens is 277 g/mol. The van der Waals surface area contributed by atoms with Crippen molar-refractivity contribution < 1.29 is 22.0 Å². The summed E-state index contributed by atoms with van der Waals surface area (Å²) in [6, 6.07) is 5.48. The van der Waals surface area contributed by atoms with E-state index in [4.69, 9.17) is 10.1 Å². The first-order chi connectivity index (χ1) is 9.35. The topological polar surface area (TPSA) is 40.6 Å². The van der Waals surface area contributed by atoms with Crippen LogP contribution in [0.15, 0.2) is 18.2 Å². The van der Waals surface area contributed by atoms with E-state index in [2.05, 4.69) is 9.88 Å². The number of halogens is 4. The van der Waals surface area contributed by atoms with Crippen LogP contribution >= 0.6 is 0 Å². The van der Waals surface area contributed by atoms with Gasteiger partial charge in [-0.05, 0) is 18.9 Å². The van der Waals surface area contributed by atoms with Crippen molar-refractivity contribution in [1.82, 2.24) is 0 Å². The summed E-state index contributed by atoms with van der Waals surface area (Å²) < 4.78 is 44.3. The predicted octanol–water partition coefficient (Wildman–Crippen LogP) is 4.08. The van der Waals surface area contributed by atoms with Crippen LogP contribution < -0.4 is 9.64 Å². The SMILES string of the molecule is COc1cc([N+]#N)ccc1N1CCCC1.F[B-](F)(F)F. The van der Waals surface area contributed by atoms with Gasteiger partial charge in [0.25, 0.3) is 0 Å². The Balaban J connectivity index is 0.000000347.